The maximum Gasteiger partial charge on any atom is 0.264 e. The van der Waals surface area contributed by atoms with Crippen molar-refractivity contribution in [1.82, 2.24) is 5.32 Å². The lowest BCUT2D eigenvalue weighted by atomic mass is 10.1. The van der Waals surface area contributed by atoms with E-state index >= 15 is 0 Å². The predicted octanol–water partition coefficient (Wildman–Crippen LogP) is 5.39. The normalized spacial score (nSPS) is 12.1. The summed E-state index contributed by atoms with van der Waals surface area (Å²) < 4.78 is 38.8. The number of sulfonamides is 1. The van der Waals surface area contributed by atoms with E-state index in [1.54, 1.807) is 44.4 Å². The van der Waals surface area contributed by atoms with Crippen LogP contribution >= 0.6 is 23.2 Å². The Labute approximate surface area is 215 Å². The van der Waals surface area contributed by atoms with Crippen molar-refractivity contribution in [2.24, 2.45) is 0 Å². The molecule has 1 N–H and O–H groups in total. The molecule has 0 aliphatic carbocycles. The third-order valence-corrected chi connectivity index (χ3v) is 7.54. The summed E-state index contributed by atoms with van der Waals surface area (Å²) in [6, 6.07) is 15.5. The van der Waals surface area contributed by atoms with Gasteiger partial charge in [-0.1, -0.05) is 40.9 Å². The average molecular weight is 537 g/mol. The number of anilines is 1. The van der Waals surface area contributed by atoms with Gasteiger partial charge in [0, 0.05) is 15.6 Å². The molecule has 1 unspecified atom stereocenters. The zero-order chi connectivity index (χ0) is 25.8. The van der Waals surface area contributed by atoms with Crippen LogP contribution in [0.3, 0.4) is 0 Å². The molecular weight excluding hydrogens is 511 g/mol. The molecule has 10 heteroatoms. The highest BCUT2D eigenvalue weighted by atomic mass is 35.5. The number of halogens is 2. The highest BCUT2D eigenvalue weighted by molar-refractivity contribution is 7.92. The lowest BCUT2D eigenvalue weighted by molar-refractivity contribution is -0.120. The molecule has 0 saturated carbocycles. The highest BCUT2D eigenvalue weighted by Gasteiger charge is 2.28. The van der Waals surface area contributed by atoms with E-state index in [4.69, 9.17) is 32.7 Å². The second-order valence-electron chi connectivity index (χ2n) is 7.85. The minimum atomic E-state index is -4.11. The van der Waals surface area contributed by atoms with E-state index in [1.165, 1.54) is 37.4 Å². The maximum atomic E-state index is 13.6. The molecule has 0 spiro atoms. The first kappa shape index (κ1) is 26.7. The first-order valence-corrected chi connectivity index (χ1v) is 12.8. The Morgan fingerprint density at radius 3 is 2.17 bits per heavy atom. The lowest BCUT2D eigenvalue weighted by Gasteiger charge is -2.26. The number of ether oxygens (including phenoxy) is 2. The van der Waals surface area contributed by atoms with E-state index in [-0.39, 0.29) is 20.6 Å². The molecule has 0 heterocycles. The topological polar surface area (TPSA) is 84.9 Å². The summed E-state index contributed by atoms with van der Waals surface area (Å²) in [5.41, 5.74) is 1.75. The Bertz CT molecular complexity index is 1290. The molecule has 0 radical (unpaired) electrons. The quantitative estimate of drug-likeness (QED) is 0.396. The van der Waals surface area contributed by atoms with Crippen LogP contribution in [0.2, 0.25) is 10.0 Å². The van der Waals surface area contributed by atoms with E-state index in [2.05, 4.69) is 5.32 Å². The fourth-order valence-electron chi connectivity index (χ4n) is 3.51. The molecule has 0 saturated heterocycles. The second-order valence-corrected chi connectivity index (χ2v) is 10.6. The summed E-state index contributed by atoms with van der Waals surface area (Å²) in [5, 5.41) is 3.32. The molecule has 0 fully saturated rings. The fourth-order valence-corrected chi connectivity index (χ4v) is 5.43. The smallest absolute Gasteiger partial charge is 0.264 e. The molecule has 3 aromatic carbocycles. The molecule has 1 atom stereocenters. The van der Waals surface area contributed by atoms with Crippen molar-refractivity contribution in [2.45, 2.75) is 24.8 Å². The first-order valence-electron chi connectivity index (χ1n) is 10.6. The zero-order valence-electron chi connectivity index (χ0n) is 19.7. The second kappa shape index (κ2) is 11.2. The number of benzene rings is 3. The van der Waals surface area contributed by atoms with Gasteiger partial charge in [-0.15, -0.1) is 0 Å². The standard InChI is InChI=1S/C25H26Cl2N2O5S/c1-16-5-8-22(9-6-16)35(31,32)29(20-12-18(26)11-19(27)13-20)15-25(30)28-17(2)23-14-21(33-3)7-10-24(23)34-4/h5-14,17H,15H2,1-4H3,(H,28,30). The van der Waals surface area contributed by atoms with E-state index < -0.39 is 28.5 Å². The van der Waals surface area contributed by atoms with Gasteiger partial charge >= 0.3 is 0 Å². The van der Waals surface area contributed by atoms with Crippen LogP contribution in [-0.4, -0.2) is 35.1 Å². The van der Waals surface area contributed by atoms with Gasteiger partial charge in [-0.2, -0.15) is 0 Å². The molecule has 7 nitrogen and oxygen atoms in total. The third kappa shape index (κ3) is 6.39. The summed E-state index contributed by atoms with van der Waals surface area (Å²) >= 11 is 12.3. The summed E-state index contributed by atoms with van der Waals surface area (Å²) in [6.45, 7) is 3.13. The number of aryl methyl sites for hydroxylation is 1. The Morgan fingerprint density at radius 2 is 1.60 bits per heavy atom. The van der Waals surface area contributed by atoms with Gasteiger partial charge in [0.25, 0.3) is 10.0 Å². The fraction of sp³-hybridized carbons (Fsp3) is 0.240. The number of hydrogen-bond acceptors (Lipinski definition) is 5. The number of rotatable bonds is 9. The highest BCUT2D eigenvalue weighted by Crippen LogP contribution is 2.31. The number of nitrogens with zero attached hydrogens (tertiary/aromatic N) is 1. The number of nitrogens with one attached hydrogen (secondary N) is 1. The summed E-state index contributed by atoms with van der Waals surface area (Å²) in [5.74, 6) is 0.623. The average Bonchev–Trinajstić information content (AvgIpc) is 2.81. The van der Waals surface area contributed by atoms with E-state index in [9.17, 15) is 13.2 Å². The van der Waals surface area contributed by atoms with Gasteiger partial charge in [-0.05, 0) is 62.4 Å². The van der Waals surface area contributed by atoms with Crippen molar-refractivity contribution in [3.63, 3.8) is 0 Å². The number of methoxy groups -OCH3 is 2. The molecule has 0 aromatic heterocycles. The van der Waals surface area contributed by atoms with Crippen molar-refractivity contribution in [3.05, 3.63) is 81.8 Å². The van der Waals surface area contributed by atoms with E-state index in [0.29, 0.717) is 17.1 Å². The first-order chi connectivity index (χ1) is 16.5. The number of carbonyl (C=O) groups excluding carboxylic acids is 1. The molecule has 0 aliphatic heterocycles. The van der Waals surface area contributed by atoms with Gasteiger partial charge in [-0.25, -0.2) is 8.42 Å². The molecule has 3 aromatic rings. The largest absolute Gasteiger partial charge is 0.497 e. The molecule has 0 aliphatic rings. The van der Waals surface area contributed by atoms with Crippen LogP contribution < -0.4 is 19.1 Å². The Morgan fingerprint density at radius 1 is 0.971 bits per heavy atom. The van der Waals surface area contributed by atoms with Gasteiger partial charge in [0.2, 0.25) is 5.91 Å². The number of hydrogen-bond donors (Lipinski definition) is 1. The van der Waals surface area contributed by atoms with Crippen LogP contribution in [0.1, 0.15) is 24.1 Å². The molecule has 35 heavy (non-hydrogen) atoms. The number of carbonyl (C=O) groups is 1. The summed E-state index contributed by atoms with van der Waals surface area (Å²) in [4.78, 5) is 13.1. The van der Waals surface area contributed by atoms with Crippen LogP contribution in [0.25, 0.3) is 0 Å². The maximum absolute atomic E-state index is 13.6. The van der Waals surface area contributed by atoms with Crippen LogP contribution in [0.15, 0.2) is 65.6 Å². The minimum absolute atomic E-state index is 0.0366. The van der Waals surface area contributed by atoms with E-state index in [1.807, 2.05) is 6.92 Å². The number of amides is 1. The predicted molar refractivity (Wildman–Crippen MR) is 138 cm³/mol. The molecule has 186 valence electrons. The molecular formula is C25H26Cl2N2O5S. The van der Waals surface area contributed by atoms with Crippen molar-refractivity contribution in [2.75, 3.05) is 25.1 Å². The van der Waals surface area contributed by atoms with Gasteiger partial charge in [-0.3, -0.25) is 9.10 Å². The van der Waals surface area contributed by atoms with Gasteiger partial charge in [0.05, 0.1) is 30.8 Å². The van der Waals surface area contributed by atoms with Gasteiger partial charge in [0.1, 0.15) is 18.0 Å². The van der Waals surface area contributed by atoms with Crippen LogP contribution in [0.4, 0.5) is 5.69 Å². The van der Waals surface area contributed by atoms with Crippen molar-refractivity contribution in [3.8, 4) is 11.5 Å². The monoisotopic (exact) mass is 536 g/mol. The van der Waals surface area contributed by atoms with Crippen LogP contribution in [-0.2, 0) is 14.8 Å². The summed E-state index contributed by atoms with van der Waals surface area (Å²) in [6.07, 6.45) is 0. The van der Waals surface area contributed by atoms with Gasteiger partial charge < -0.3 is 14.8 Å². The van der Waals surface area contributed by atoms with Gasteiger partial charge in [0.15, 0.2) is 0 Å². The minimum Gasteiger partial charge on any atom is -0.497 e. The van der Waals surface area contributed by atoms with Crippen LogP contribution in [0.5, 0.6) is 11.5 Å². The zero-order valence-corrected chi connectivity index (χ0v) is 22.0. The molecule has 3 rings (SSSR count). The third-order valence-electron chi connectivity index (χ3n) is 5.31. The Hall–Kier alpha value is -2.94. The SMILES string of the molecule is COc1ccc(OC)c(C(C)NC(=O)CN(c2cc(Cl)cc(Cl)c2)S(=O)(=O)c2ccc(C)cc2)c1. The van der Waals surface area contributed by atoms with E-state index in [0.717, 1.165) is 9.87 Å². The van der Waals surface area contributed by atoms with Crippen molar-refractivity contribution >= 4 is 44.8 Å². The lowest BCUT2D eigenvalue weighted by Crippen LogP contribution is -2.41. The van der Waals surface area contributed by atoms with Crippen molar-refractivity contribution < 1.29 is 22.7 Å². The van der Waals surface area contributed by atoms with Crippen LogP contribution in [0, 0.1) is 6.92 Å². The molecule has 1 amide bonds. The Balaban J connectivity index is 1.95. The Kier molecular flexibility index (Phi) is 8.53. The van der Waals surface area contributed by atoms with Crippen molar-refractivity contribution in [1.29, 1.82) is 0 Å². The molecule has 0 bridgehead atoms. The summed E-state index contributed by atoms with van der Waals surface area (Å²) in [7, 11) is -1.05.